The van der Waals surface area contributed by atoms with Gasteiger partial charge in [0.2, 0.25) is 0 Å². The van der Waals surface area contributed by atoms with Crippen LogP contribution in [0.25, 0.3) is 0 Å². The van der Waals surface area contributed by atoms with Crippen molar-refractivity contribution in [3.8, 4) is 0 Å². The molecule has 1 fully saturated rings. The number of nitrogen functional groups attached to an aromatic ring is 1. The van der Waals surface area contributed by atoms with Crippen LogP contribution < -0.4 is 5.73 Å². The van der Waals surface area contributed by atoms with Crippen molar-refractivity contribution in [3.63, 3.8) is 0 Å². The van der Waals surface area contributed by atoms with Crippen LogP contribution in [0.4, 0.5) is 5.13 Å². The first kappa shape index (κ1) is 10.9. The Morgan fingerprint density at radius 1 is 1.53 bits per heavy atom. The second kappa shape index (κ2) is 4.47. The fourth-order valence-corrected chi connectivity index (χ4v) is 2.59. The molecule has 0 aliphatic carbocycles. The molecule has 0 unspecified atom stereocenters. The summed E-state index contributed by atoms with van der Waals surface area (Å²) in [6, 6.07) is 0. The Morgan fingerprint density at radius 3 is 2.73 bits per heavy atom. The molecule has 1 aromatic heterocycles. The number of rotatable bonds is 2. The lowest BCUT2D eigenvalue weighted by Crippen LogP contribution is -2.44. The maximum atomic E-state index is 5.68. The predicted molar refractivity (Wildman–Crippen MR) is 61.8 cm³/mol. The fraction of sp³-hybridized carbons (Fsp3) is 0.700. The van der Waals surface area contributed by atoms with Crippen LogP contribution in [-0.2, 0) is 11.3 Å². The third kappa shape index (κ3) is 2.90. The lowest BCUT2D eigenvalue weighted by Gasteiger charge is -2.34. The molecular formula is C10H17N3OS. The van der Waals surface area contributed by atoms with Crippen molar-refractivity contribution in [2.75, 3.05) is 18.8 Å². The molecule has 0 radical (unpaired) electrons. The van der Waals surface area contributed by atoms with Crippen LogP contribution in [0.1, 0.15) is 19.5 Å². The summed E-state index contributed by atoms with van der Waals surface area (Å²) in [6.07, 6.45) is 0.620. The number of nitrogens with zero attached hydrogens (tertiary/aromatic N) is 2. The van der Waals surface area contributed by atoms with Gasteiger partial charge in [-0.2, -0.15) is 0 Å². The Balaban J connectivity index is 1.94. The first-order valence-corrected chi connectivity index (χ1v) is 6.09. The van der Waals surface area contributed by atoms with Gasteiger partial charge in [0.25, 0.3) is 0 Å². The molecule has 84 valence electrons. The van der Waals surface area contributed by atoms with Gasteiger partial charge in [-0.3, -0.25) is 4.90 Å². The highest BCUT2D eigenvalue weighted by Crippen LogP contribution is 2.16. The van der Waals surface area contributed by atoms with Gasteiger partial charge in [0.15, 0.2) is 5.13 Å². The summed E-state index contributed by atoms with van der Waals surface area (Å²) in [6.45, 7) is 7.05. The lowest BCUT2D eigenvalue weighted by atomic mass is 10.2. The maximum Gasteiger partial charge on any atom is 0.180 e. The second-order valence-electron chi connectivity index (χ2n) is 4.13. The van der Waals surface area contributed by atoms with Crippen molar-refractivity contribution >= 4 is 16.5 Å². The van der Waals surface area contributed by atoms with Gasteiger partial charge < -0.3 is 10.5 Å². The van der Waals surface area contributed by atoms with Gasteiger partial charge in [0.05, 0.1) is 17.9 Å². The zero-order valence-electron chi connectivity index (χ0n) is 9.14. The SMILES string of the molecule is C[C@@H]1CN(Cc2csc(N)n2)C[C@@H](C)O1. The molecule has 15 heavy (non-hydrogen) atoms. The molecule has 1 saturated heterocycles. The first-order chi connectivity index (χ1) is 7.13. The van der Waals surface area contributed by atoms with Crippen LogP contribution in [0.2, 0.25) is 0 Å². The molecule has 1 aliphatic heterocycles. The van der Waals surface area contributed by atoms with E-state index in [2.05, 4.69) is 23.7 Å². The van der Waals surface area contributed by atoms with Crippen LogP contribution in [0.5, 0.6) is 0 Å². The smallest absolute Gasteiger partial charge is 0.180 e. The fourth-order valence-electron chi connectivity index (χ4n) is 2.04. The third-order valence-corrected chi connectivity index (χ3v) is 3.17. The van der Waals surface area contributed by atoms with Crippen molar-refractivity contribution in [2.45, 2.75) is 32.6 Å². The lowest BCUT2D eigenvalue weighted by molar-refractivity contribution is -0.0707. The zero-order chi connectivity index (χ0) is 10.8. The van der Waals surface area contributed by atoms with Crippen LogP contribution in [0, 0.1) is 0 Å². The quantitative estimate of drug-likeness (QED) is 0.828. The van der Waals surface area contributed by atoms with Gasteiger partial charge in [-0.1, -0.05) is 0 Å². The minimum absolute atomic E-state index is 0.310. The highest BCUT2D eigenvalue weighted by atomic mass is 32.1. The summed E-state index contributed by atoms with van der Waals surface area (Å²) in [5.41, 5.74) is 6.67. The van der Waals surface area contributed by atoms with E-state index < -0.39 is 0 Å². The Labute approximate surface area is 94.1 Å². The molecule has 4 nitrogen and oxygen atoms in total. The molecule has 2 heterocycles. The van der Waals surface area contributed by atoms with E-state index in [1.165, 1.54) is 11.3 Å². The molecule has 0 aromatic carbocycles. The minimum atomic E-state index is 0.310. The average molecular weight is 227 g/mol. The summed E-state index contributed by atoms with van der Waals surface area (Å²) in [5, 5.41) is 2.68. The number of aromatic nitrogens is 1. The monoisotopic (exact) mass is 227 g/mol. The molecule has 0 bridgehead atoms. The van der Waals surface area contributed by atoms with Gasteiger partial charge in [-0.15, -0.1) is 11.3 Å². The average Bonchev–Trinajstić information content (AvgIpc) is 2.49. The Kier molecular flexibility index (Phi) is 3.23. The first-order valence-electron chi connectivity index (χ1n) is 5.21. The van der Waals surface area contributed by atoms with Crippen molar-refractivity contribution < 1.29 is 4.74 Å². The summed E-state index contributed by atoms with van der Waals surface area (Å²) in [7, 11) is 0. The van der Waals surface area contributed by atoms with E-state index in [0.29, 0.717) is 17.3 Å². The number of anilines is 1. The minimum Gasteiger partial charge on any atom is -0.375 e. The van der Waals surface area contributed by atoms with Crippen LogP contribution in [0.3, 0.4) is 0 Å². The van der Waals surface area contributed by atoms with Gasteiger partial charge in [-0.25, -0.2) is 4.98 Å². The van der Waals surface area contributed by atoms with Gasteiger partial charge in [-0.05, 0) is 13.8 Å². The summed E-state index contributed by atoms with van der Waals surface area (Å²) < 4.78 is 5.68. The van der Waals surface area contributed by atoms with Crippen molar-refractivity contribution in [3.05, 3.63) is 11.1 Å². The zero-order valence-corrected chi connectivity index (χ0v) is 9.96. The summed E-state index contributed by atoms with van der Waals surface area (Å²) in [4.78, 5) is 6.64. The van der Waals surface area contributed by atoms with E-state index in [0.717, 1.165) is 25.3 Å². The Morgan fingerprint density at radius 2 is 2.20 bits per heavy atom. The van der Waals surface area contributed by atoms with E-state index in [1.807, 2.05) is 5.38 Å². The molecule has 2 rings (SSSR count). The number of thiazole rings is 1. The van der Waals surface area contributed by atoms with Gasteiger partial charge >= 0.3 is 0 Å². The number of hydrogen-bond acceptors (Lipinski definition) is 5. The van der Waals surface area contributed by atoms with Crippen LogP contribution >= 0.6 is 11.3 Å². The van der Waals surface area contributed by atoms with Crippen LogP contribution in [0.15, 0.2) is 5.38 Å². The standard InChI is InChI=1S/C10H17N3OS/c1-7-3-13(4-8(2)14-7)5-9-6-15-10(11)12-9/h6-8H,3-5H2,1-2H3,(H2,11,12)/t7-,8-/m1/s1. The number of morpholine rings is 1. The molecular weight excluding hydrogens is 210 g/mol. The topological polar surface area (TPSA) is 51.4 Å². The predicted octanol–water partition coefficient (Wildman–Crippen LogP) is 1.33. The largest absolute Gasteiger partial charge is 0.375 e. The van der Waals surface area contributed by atoms with Crippen LogP contribution in [-0.4, -0.2) is 35.2 Å². The van der Waals surface area contributed by atoms with Gasteiger partial charge in [0.1, 0.15) is 0 Å². The normalized spacial score (nSPS) is 28.1. The Bertz CT molecular complexity index is 318. The van der Waals surface area contributed by atoms with Gasteiger partial charge in [0, 0.05) is 25.0 Å². The number of ether oxygens (including phenoxy) is 1. The highest BCUT2D eigenvalue weighted by Gasteiger charge is 2.22. The van der Waals surface area contributed by atoms with E-state index in [4.69, 9.17) is 10.5 Å². The summed E-state index contributed by atoms with van der Waals surface area (Å²) in [5.74, 6) is 0. The van der Waals surface area contributed by atoms with E-state index in [-0.39, 0.29) is 0 Å². The van der Waals surface area contributed by atoms with Crippen molar-refractivity contribution in [1.29, 1.82) is 0 Å². The molecule has 1 aromatic rings. The van der Waals surface area contributed by atoms with Crippen molar-refractivity contribution in [1.82, 2.24) is 9.88 Å². The van der Waals surface area contributed by atoms with Crippen molar-refractivity contribution in [2.24, 2.45) is 0 Å². The molecule has 0 spiro atoms. The maximum absolute atomic E-state index is 5.68. The molecule has 2 N–H and O–H groups in total. The summed E-state index contributed by atoms with van der Waals surface area (Å²) >= 11 is 1.50. The van der Waals surface area contributed by atoms with E-state index in [9.17, 15) is 0 Å². The highest BCUT2D eigenvalue weighted by molar-refractivity contribution is 7.13. The van der Waals surface area contributed by atoms with E-state index in [1.54, 1.807) is 0 Å². The third-order valence-electron chi connectivity index (χ3n) is 2.45. The molecule has 2 atom stereocenters. The number of hydrogen-bond donors (Lipinski definition) is 1. The second-order valence-corrected chi connectivity index (χ2v) is 5.02. The molecule has 0 amide bonds. The molecule has 0 saturated carbocycles. The number of nitrogens with two attached hydrogens (primary N) is 1. The molecule has 1 aliphatic rings. The molecule has 5 heteroatoms. The van der Waals surface area contributed by atoms with E-state index >= 15 is 0 Å². The Hall–Kier alpha value is -0.650.